The van der Waals surface area contributed by atoms with Crippen LogP contribution in [0.15, 0.2) is 53.4 Å². The molecular weight excluding hydrogens is 352 g/mol. The van der Waals surface area contributed by atoms with Crippen molar-refractivity contribution in [2.75, 3.05) is 11.9 Å². The minimum atomic E-state index is -3.75. The third-order valence-electron chi connectivity index (χ3n) is 3.88. The fourth-order valence-electron chi connectivity index (χ4n) is 2.41. The average molecular weight is 376 g/mol. The SMILES string of the molecule is CC(C)CNS(=O)(=O)c1ccc(NC(C)c2ccccc2)c(C(=O)O)c1. The third kappa shape index (κ3) is 5.06. The van der Waals surface area contributed by atoms with E-state index in [0.29, 0.717) is 5.69 Å². The molecule has 0 amide bonds. The molecule has 0 bridgehead atoms. The zero-order valence-corrected chi connectivity index (χ0v) is 15.9. The van der Waals surface area contributed by atoms with Gasteiger partial charge in [0.2, 0.25) is 10.0 Å². The number of hydrogen-bond donors (Lipinski definition) is 3. The summed E-state index contributed by atoms with van der Waals surface area (Å²) in [4.78, 5) is 11.6. The van der Waals surface area contributed by atoms with E-state index in [1.807, 2.05) is 51.1 Å². The number of aromatic carboxylic acids is 1. The maximum Gasteiger partial charge on any atom is 0.337 e. The van der Waals surface area contributed by atoms with Gasteiger partial charge < -0.3 is 10.4 Å². The van der Waals surface area contributed by atoms with Crippen molar-refractivity contribution in [2.45, 2.75) is 31.7 Å². The first kappa shape index (κ1) is 19.9. The van der Waals surface area contributed by atoms with Crippen molar-refractivity contribution in [1.82, 2.24) is 4.72 Å². The smallest absolute Gasteiger partial charge is 0.337 e. The summed E-state index contributed by atoms with van der Waals surface area (Å²) in [5.74, 6) is -1.04. The van der Waals surface area contributed by atoms with Crippen molar-refractivity contribution in [3.63, 3.8) is 0 Å². The molecule has 0 aliphatic heterocycles. The zero-order valence-electron chi connectivity index (χ0n) is 15.1. The molecule has 0 saturated carbocycles. The summed E-state index contributed by atoms with van der Waals surface area (Å²) < 4.78 is 27.2. The molecule has 0 heterocycles. The zero-order chi connectivity index (χ0) is 19.3. The van der Waals surface area contributed by atoms with Gasteiger partial charge in [-0.1, -0.05) is 44.2 Å². The van der Waals surface area contributed by atoms with Gasteiger partial charge in [-0.15, -0.1) is 0 Å². The number of anilines is 1. The molecule has 1 atom stereocenters. The van der Waals surface area contributed by atoms with E-state index in [1.165, 1.54) is 18.2 Å². The molecule has 0 aliphatic carbocycles. The molecular formula is C19H24N2O4S. The Labute approximate surface area is 154 Å². The number of nitrogens with one attached hydrogen (secondary N) is 2. The Kier molecular flexibility index (Phi) is 6.39. The van der Waals surface area contributed by atoms with Crippen molar-refractivity contribution in [2.24, 2.45) is 5.92 Å². The highest BCUT2D eigenvalue weighted by Gasteiger charge is 2.20. The van der Waals surface area contributed by atoms with E-state index in [9.17, 15) is 18.3 Å². The summed E-state index contributed by atoms with van der Waals surface area (Å²) in [5.41, 5.74) is 1.29. The predicted molar refractivity (Wildman–Crippen MR) is 102 cm³/mol. The topological polar surface area (TPSA) is 95.5 Å². The van der Waals surface area contributed by atoms with Crippen LogP contribution in [0.1, 0.15) is 42.7 Å². The summed E-state index contributed by atoms with van der Waals surface area (Å²) in [5, 5.41) is 12.6. The van der Waals surface area contributed by atoms with Crippen molar-refractivity contribution in [1.29, 1.82) is 0 Å². The summed E-state index contributed by atoms with van der Waals surface area (Å²) in [6.07, 6.45) is 0. The molecule has 0 aliphatic rings. The quantitative estimate of drug-likeness (QED) is 0.655. The van der Waals surface area contributed by atoms with Crippen molar-refractivity contribution < 1.29 is 18.3 Å². The highest BCUT2D eigenvalue weighted by Crippen LogP contribution is 2.25. The molecule has 7 heteroatoms. The molecule has 2 aromatic carbocycles. The molecule has 3 N–H and O–H groups in total. The largest absolute Gasteiger partial charge is 0.478 e. The first-order valence-corrected chi connectivity index (χ1v) is 9.87. The summed E-state index contributed by atoms with van der Waals surface area (Å²) in [6.45, 7) is 5.98. The van der Waals surface area contributed by atoms with Crippen LogP contribution in [0.2, 0.25) is 0 Å². The second kappa shape index (κ2) is 8.33. The van der Waals surface area contributed by atoms with Gasteiger partial charge in [0.1, 0.15) is 0 Å². The Balaban J connectivity index is 2.30. The molecule has 0 saturated heterocycles. The molecule has 6 nitrogen and oxygen atoms in total. The van der Waals surface area contributed by atoms with Gasteiger partial charge in [0.05, 0.1) is 10.5 Å². The van der Waals surface area contributed by atoms with Gasteiger partial charge in [-0.05, 0) is 36.6 Å². The third-order valence-corrected chi connectivity index (χ3v) is 5.31. The van der Waals surface area contributed by atoms with Crippen LogP contribution in [0, 0.1) is 5.92 Å². The van der Waals surface area contributed by atoms with Gasteiger partial charge in [-0.25, -0.2) is 17.9 Å². The Morgan fingerprint density at radius 3 is 2.31 bits per heavy atom. The normalized spacial score (nSPS) is 12.8. The van der Waals surface area contributed by atoms with Crippen molar-refractivity contribution in [3.8, 4) is 0 Å². The number of benzene rings is 2. The van der Waals surface area contributed by atoms with Gasteiger partial charge in [-0.3, -0.25) is 0 Å². The Bertz CT molecular complexity index is 864. The number of hydrogen-bond acceptors (Lipinski definition) is 4. The second-order valence-corrected chi connectivity index (χ2v) is 8.30. The van der Waals surface area contributed by atoms with Gasteiger partial charge in [0.15, 0.2) is 0 Å². The van der Waals surface area contributed by atoms with Gasteiger partial charge in [0.25, 0.3) is 0 Å². The fourth-order valence-corrected chi connectivity index (χ4v) is 3.65. The summed E-state index contributed by atoms with van der Waals surface area (Å²) in [7, 11) is -3.75. The van der Waals surface area contributed by atoms with E-state index in [0.717, 1.165) is 5.56 Å². The first-order chi connectivity index (χ1) is 12.2. The lowest BCUT2D eigenvalue weighted by molar-refractivity contribution is 0.0697. The summed E-state index contributed by atoms with van der Waals surface area (Å²) >= 11 is 0. The molecule has 140 valence electrons. The Morgan fingerprint density at radius 1 is 1.08 bits per heavy atom. The van der Waals surface area contributed by atoms with Crippen LogP contribution in [-0.4, -0.2) is 26.0 Å². The number of carboxylic acid groups (broad SMARTS) is 1. The predicted octanol–water partition coefficient (Wildman–Crippen LogP) is 3.49. The maximum atomic E-state index is 12.3. The van der Waals surface area contributed by atoms with Crippen LogP contribution < -0.4 is 10.0 Å². The molecule has 2 rings (SSSR count). The maximum absolute atomic E-state index is 12.3. The lowest BCUT2D eigenvalue weighted by Crippen LogP contribution is -2.27. The monoisotopic (exact) mass is 376 g/mol. The lowest BCUT2D eigenvalue weighted by Gasteiger charge is -2.18. The number of carbonyl (C=O) groups is 1. The van der Waals surface area contributed by atoms with Crippen molar-refractivity contribution >= 4 is 21.7 Å². The van der Waals surface area contributed by atoms with Gasteiger partial charge >= 0.3 is 5.97 Å². The van der Waals surface area contributed by atoms with Crippen LogP contribution >= 0.6 is 0 Å². The molecule has 0 aromatic heterocycles. The lowest BCUT2D eigenvalue weighted by atomic mass is 10.1. The highest BCUT2D eigenvalue weighted by atomic mass is 32.2. The Morgan fingerprint density at radius 2 is 1.73 bits per heavy atom. The number of sulfonamides is 1. The first-order valence-electron chi connectivity index (χ1n) is 8.39. The van der Waals surface area contributed by atoms with E-state index in [1.54, 1.807) is 0 Å². The molecule has 26 heavy (non-hydrogen) atoms. The van der Waals surface area contributed by atoms with Crippen LogP contribution in [0.5, 0.6) is 0 Å². The molecule has 0 spiro atoms. The van der Waals surface area contributed by atoms with E-state index in [4.69, 9.17) is 0 Å². The van der Waals surface area contributed by atoms with E-state index < -0.39 is 16.0 Å². The standard InChI is InChI=1S/C19H24N2O4S/c1-13(2)12-20-26(24,25)16-9-10-18(17(11-16)19(22)23)21-14(3)15-7-5-4-6-8-15/h4-11,13-14,20-21H,12H2,1-3H3,(H,22,23). The van der Waals surface area contributed by atoms with Crippen LogP contribution in [0.4, 0.5) is 5.69 Å². The van der Waals surface area contributed by atoms with Crippen molar-refractivity contribution in [3.05, 3.63) is 59.7 Å². The van der Waals surface area contributed by atoms with Crippen LogP contribution in [-0.2, 0) is 10.0 Å². The highest BCUT2D eigenvalue weighted by molar-refractivity contribution is 7.89. The molecule has 0 radical (unpaired) electrons. The van der Waals surface area contributed by atoms with Gasteiger partial charge in [0, 0.05) is 18.3 Å². The van der Waals surface area contributed by atoms with Gasteiger partial charge in [-0.2, -0.15) is 0 Å². The van der Waals surface area contributed by atoms with E-state index in [2.05, 4.69) is 10.0 Å². The van der Waals surface area contributed by atoms with Crippen LogP contribution in [0.25, 0.3) is 0 Å². The summed E-state index contributed by atoms with van der Waals surface area (Å²) in [6, 6.07) is 13.6. The van der Waals surface area contributed by atoms with E-state index >= 15 is 0 Å². The minimum absolute atomic E-state index is 0.0616. The second-order valence-electron chi connectivity index (χ2n) is 6.53. The fraction of sp³-hybridized carbons (Fsp3) is 0.316. The molecule has 1 unspecified atom stereocenters. The average Bonchev–Trinajstić information content (AvgIpc) is 2.60. The molecule has 0 fully saturated rings. The van der Waals surface area contributed by atoms with Crippen LogP contribution in [0.3, 0.4) is 0 Å². The minimum Gasteiger partial charge on any atom is -0.478 e. The molecule has 2 aromatic rings. The number of carboxylic acids is 1. The number of rotatable bonds is 8. The van der Waals surface area contributed by atoms with E-state index in [-0.39, 0.29) is 29.0 Å². The Hall–Kier alpha value is -2.38.